The Hall–Kier alpha value is -5.48. The number of hydrogen-bond acceptors (Lipinski definition) is 14. The molecule has 0 radical (unpaired) electrons. The number of amidine groups is 2. The molecule has 0 saturated heterocycles. The van der Waals surface area contributed by atoms with E-state index in [0.29, 0.717) is 96.8 Å². The molecule has 70 heavy (non-hydrogen) atoms. The van der Waals surface area contributed by atoms with Crippen LogP contribution in [0.15, 0.2) is 105 Å². The van der Waals surface area contributed by atoms with Crippen molar-refractivity contribution < 1.29 is 54.3 Å². The number of fused-ring (bicyclic) bond motifs is 2. The highest BCUT2D eigenvalue weighted by molar-refractivity contribution is 7.86. The molecule has 0 aliphatic carbocycles. The van der Waals surface area contributed by atoms with Gasteiger partial charge >= 0.3 is 0 Å². The highest BCUT2D eigenvalue weighted by atomic mass is 32.2. The van der Waals surface area contributed by atoms with E-state index in [1.807, 2.05) is 70.2 Å². The molecule has 6 rings (SSSR count). The molecule has 3 aliphatic rings. The third-order valence-corrected chi connectivity index (χ3v) is 14.4. The van der Waals surface area contributed by atoms with Gasteiger partial charge < -0.3 is 29.2 Å². The van der Waals surface area contributed by atoms with Crippen LogP contribution in [0.4, 0.5) is 11.4 Å². The zero-order valence-corrected chi connectivity index (χ0v) is 42.6. The fraction of sp³-hybridized carbons (Fsp3) is 0.480. The minimum absolute atomic E-state index is 0.0300. The number of ether oxygens (including phenoxy) is 4. The summed E-state index contributed by atoms with van der Waals surface area (Å²) < 4.78 is 92.4. The molecule has 20 heteroatoms. The zero-order valence-electron chi connectivity index (χ0n) is 40.9. The van der Waals surface area contributed by atoms with E-state index in [0.717, 1.165) is 52.4 Å². The second-order valence-corrected chi connectivity index (χ2v) is 21.1. The van der Waals surface area contributed by atoms with Gasteiger partial charge in [-0.15, -0.1) is 10.2 Å². The topological polar surface area (TPSA) is 230 Å². The van der Waals surface area contributed by atoms with E-state index in [2.05, 4.69) is 55.8 Å². The first-order chi connectivity index (χ1) is 33.3. The number of nitrogens with zero attached hydrogens (tertiary/aromatic N) is 4. The third kappa shape index (κ3) is 13.9. The molecule has 1 atom stereocenters. The molecule has 5 N–H and O–H groups in total. The Morgan fingerprint density at radius 1 is 0.800 bits per heavy atom. The monoisotopic (exact) mass is 1010 g/mol. The van der Waals surface area contributed by atoms with Crippen LogP contribution in [-0.4, -0.2) is 126 Å². The van der Waals surface area contributed by atoms with Crippen molar-refractivity contribution in [2.75, 3.05) is 70.8 Å². The number of carbonyl (C=O) groups excluding carboxylic acids is 1. The van der Waals surface area contributed by atoms with Gasteiger partial charge in [0.05, 0.1) is 54.8 Å². The lowest BCUT2D eigenvalue weighted by Crippen LogP contribution is -2.43. The van der Waals surface area contributed by atoms with Gasteiger partial charge in [-0.3, -0.25) is 24.8 Å². The number of nitrogens with one attached hydrogen (secondary N) is 3. The molecule has 1 amide bonds. The van der Waals surface area contributed by atoms with Crippen LogP contribution in [0.2, 0.25) is 0 Å². The van der Waals surface area contributed by atoms with E-state index in [1.54, 1.807) is 24.3 Å². The van der Waals surface area contributed by atoms with Crippen LogP contribution in [0.5, 0.6) is 5.75 Å². The largest absolute Gasteiger partial charge is 0.491 e. The molecule has 3 aromatic carbocycles. The molecular formula is C50H68N7O11S2+. The van der Waals surface area contributed by atoms with Crippen molar-refractivity contribution >= 4 is 54.9 Å². The van der Waals surface area contributed by atoms with Gasteiger partial charge in [0.15, 0.2) is 11.5 Å². The number of hydrogen-bond donors (Lipinski definition) is 5. The number of hydrazine groups is 1. The van der Waals surface area contributed by atoms with Crippen molar-refractivity contribution in [1.29, 1.82) is 0 Å². The van der Waals surface area contributed by atoms with Gasteiger partial charge in [-0.1, -0.05) is 38.5 Å². The SMILES string of the molecule is CC[N+]1=C(/C=C/C=C/CC2N(CCCCCC(=O)NCCOCCOCCOCCOc3ccc(C4=NN=C(C)NN4)cc3)c3ccc(S(=O)(=O)O)cc3C2(C)C)C(C)(C)c2cc(S(=O)(=O)O)ccc21. The molecular weight excluding hydrogens is 939 g/mol. The molecule has 0 fully saturated rings. The van der Waals surface area contributed by atoms with Gasteiger partial charge in [-0.05, 0) is 107 Å². The fourth-order valence-corrected chi connectivity index (χ4v) is 10.00. The second kappa shape index (κ2) is 24.1. The van der Waals surface area contributed by atoms with Crippen molar-refractivity contribution in [2.24, 2.45) is 10.2 Å². The van der Waals surface area contributed by atoms with E-state index in [-0.39, 0.29) is 21.7 Å². The van der Waals surface area contributed by atoms with Crippen LogP contribution in [-0.2, 0) is 50.1 Å². The summed E-state index contributed by atoms with van der Waals surface area (Å²) >= 11 is 0. The average molecular weight is 1010 g/mol. The third-order valence-electron chi connectivity index (χ3n) is 12.7. The number of anilines is 1. The predicted molar refractivity (Wildman–Crippen MR) is 270 cm³/mol. The van der Waals surface area contributed by atoms with Gasteiger partial charge in [-0.25, -0.2) is 0 Å². The zero-order chi connectivity index (χ0) is 50.5. The predicted octanol–water partition coefficient (Wildman–Crippen LogP) is 6.24. The first kappa shape index (κ1) is 53.9. The van der Waals surface area contributed by atoms with Crippen LogP contribution in [0.3, 0.4) is 0 Å². The molecule has 18 nitrogen and oxygen atoms in total. The number of carbonyl (C=O) groups is 1. The lowest BCUT2D eigenvalue weighted by atomic mass is 9.79. The average Bonchev–Trinajstić information content (AvgIpc) is 3.67. The first-order valence-corrected chi connectivity index (χ1v) is 26.6. The van der Waals surface area contributed by atoms with Crippen molar-refractivity contribution in [1.82, 2.24) is 16.2 Å². The molecule has 3 aromatic rings. The standard InChI is InChI=1S/C50H67N7O11S2/c1-7-56-43-23-21-39(69(59,60)61)34-41(43)49(3,4)45(56)14-10-8-11-15-46-50(5,6)42-35-40(70(62,63)64)22-24-44(42)57(46)26-13-9-12-16-47(58)51-25-27-65-28-29-66-30-31-67-32-33-68-38-19-17-37(18-20-38)48-54-52-36(2)53-55-48/h8,10-11,14,17-24,34-35,46H,7,9,12-13,15-16,25-33H2,1-6H3,(H4-,51,52,53,54,55,58,59,60,61,62,63,64)/p+1/b11-8+,14-10+. The number of rotatable bonds is 27. The summed E-state index contributed by atoms with van der Waals surface area (Å²) in [5.74, 6) is 2.01. The normalized spacial score (nSPS) is 17.3. The lowest BCUT2D eigenvalue weighted by molar-refractivity contribution is -0.433. The number of amides is 1. The smallest absolute Gasteiger partial charge is 0.294 e. The first-order valence-electron chi connectivity index (χ1n) is 23.7. The van der Waals surface area contributed by atoms with Gasteiger partial charge in [-0.2, -0.15) is 21.4 Å². The molecule has 3 heterocycles. The fourth-order valence-electron chi connectivity index (χ4n) is 8.99. The van der Waals surface area contributed by atoms with Crippen molar-refractivity contribution in [3.05, 3.63) is 102 Å². The van der Waals surface area contributed by atoms with Crippen molar-refractivity contribution in [3.63, 3.8) is 0 Å². The molecule has 0 saturated carbocycles. The highest BCUT2D eigenvalue weighted by Gasteiger charge is 2.45. The van der Waals surface area contributed by atoms with E-state index in [9.17, 15) is 30.7 Å². The Kier molecular flexibility index (Phi) is 18.5. The quantitative estimate of drug-likeness (QED) is 0.0247. The van der Waals surface area contributed by atoms with Gasteiger partial charge in [0, 0.05) is 59.9 Å². The van der Waals surface area contributed by atoms with Gasteiger partial charge in [0.25, 0.3) is 20.2 Å². The summed E-state index contributed by atoms with van der Waals surface area (Å²) in [6.45, 7) is 16.7. The molecule has 3 aliphatic heterocycles. The highest BCUT2D eigenvalue weighted by Crippen LogP contribution is 2.47. The lowest BCUT2D eigenvalue weighted by Gasteiger charge is -2.34. The molecule has 0 spiro atoms. The van der Waals surface area contributed by atoms with E-state index >= 15 is 0 Å². The van der Waals surface area contributed by atoms with Crippen LogP contribution in [0.25, 0.3) is 0 Å². The summed E-state index contributed by atoms with van der Waals surface area (Å²) in [4.78, 5) is 14.6. The van der Waals surface area contributed by atoms with Gasteiger partial charge in [0.2, 0.25) is 11.6 Å². The number of benzene rings is 3. The number of allylic oxidation sites excluding steroid dienone is 3. The Bertz CT molecular complexity index is 2700. The van der Waals surface area contributed by atoms with E-state index in [4.69, 9.17) is 18.9 Å². The molecule has 380 valence electrons. The molecule has 0 bridgehead atoms. The maximum Gasteiger partial charge on any atom is 0.294 e. The van der Waals surface area contributed by atoms with E-state index in [1.165, 1.54) is 12.1 Å². The molecule has 0 aromatic heterocycles. The van der Waals surface area contributed by atoms with Crippen molar-refractivity contribution in [3.8, 4) is 5.75 Å². The summed E-state index contributed by atoms with van der Waals surface area (Å²) in [7, 11) is -8.76. The summed E-state index contributed by atoms with van der Waals surface area (Å²) in [6, 6.07) is 17.0. The number of unbranched alkanes of at least 4 members (excludes halogenated alkanes) is 2. The molecule has 1 unspecified atom stereocenters. The Labute approximate surface area is 412 Å². The van der Waals surface area contributed by atoms with Crippen LogP contribution >= 0.6 is 0 Å². The van der Waals surface area contributed by atoms with Gasteiger partial charge in [0.1, 0.15) is 24.7 Å². The minimum Gasteiger partial charge on any atom is -0.491 e. The minimum atomic E-state index is -4.40. The maximum absolute atomic E-state index is 12.6. The van der Waals surface area contributed by atoms with E-state index < -0.39 is 31.1 Å². The summed E-state index contributed by atoms with van der Waals surface area (Å²) in [6.07, 6.45) is 11.4. The van der Waals surface area contributed by atoms with Crippen LogP contribution in [0.1, 0.15) is 90.3 Å². The second-order valence-electron chi connectivity index (χ2n) is 18.3. The summed E-state index contributed by atoms with van der Waals surface area (Å²) in [5, 5.41) is 11.1. The maximum atomic E-state index is 12.6. The Morgan fingerprint density at radius 3 is 2.09 bits per heavy atom. The Balaban J connectivity index is 0.875. The van der Waals surface area contributed by atoms with Crippen LogP contribution < -0.4 is 25.8 Å². The Morgan fingerprint density at radius 2 is 1.44 bits per heavy atom. The summed E-state index contributed by atoms with van der Waals surface area (Å²) in [5.41, 5.74) is 10.3. The van der Waals surface area contributed by atoms with Crippen LogP contribution in [0, 0.1) is 0 Å². The van der Waals surface area contributed by atoms with Crippen molar-refractivity contribution in [2.45, 2.75) is 100 Å².